The summed E-state index contributed by atoms with van der Waals surface area (Å²) in [4.78, 5) is 25.4. The number of methoxy groups -OCH3 is 1. The third-order valence-corrected chi connectivity index (χ3v) is 6.21. The van der Waals surface area contributed by atoms with Gasteiger partial charge in [0.25, 0.3) is 0 Å². The first-order chi connectivity index (χ1) is 13.4. The topological polar surface area (TPSA) is 84.6 Å². The number of nitrogens with two attached hydrogens (primary N) is 1. The molecule has 148 valence electrons. The molecule has 2 N–H and O–H groups in total. The molecule has 0 aliphatic carbocycles. The molecule has 1 amide bonds. The Kier molecular flexibility index (Phi) is 4.61. The van der Waals surface area contributed by atoms with Gasteiger partial charge < -0.3 is 20.3 Å². The number of hydrogen-bond acceptors (Lipinski definition) is 6. The molecule has 0 bridgehead atoms. The number of ether oxygens (including phenoxy) is 1. The molecule has 7 nitrogen and oxygen atoms in total. The Hall–Kier alpha value is -2.83. The Bertz CT molecular complexity index is 898. The van der Waals surface area contributed by atoms with Crippen molar-refractivity contribution < 1.29 is 9.53 Å². The van der Waals surface area contributed by atoms with E-state index in [0.29, 0.717) is 17.8 Å². The summed E-state index contributed by atoms with van der Waals surface area (Å²) in [6, 6.07) is 8.14. The van der Waals surface area contributed by atoms with Crippen LogP contribution in [0.5, 0.6) is 5.75 Å². The van der Waals surface area contributed by atoms with E-state index in [-0.39, 0.29) is 11.9 Å². The van der Waals surface area contributed by atoms with Gasteiger partial charge in [-0.15, -0.1) is 0 Å². The van der Waals surface area contributed by atoms with E-state index in [2.05, 4.69) is 27.0 Å². The number of likely N-dealkylation sites (tertiary alicyclic amines) is 1. The minimum Gasteiger partial charge on any atom is -0.497 e. The van der Waals surface area contributed by atoms with Gasteiger partial charge in [-0.1, -0.05) is 12.1 Å². The molecule has 0 unspecified atom stereocenters. The number of nitrogens with zero attached hydrogens (tertiary/aromatic N) is 4. The lowest BCUT2D eigenvalue weighted by Gasteiger charge is -2.30. The number of aromatic nitrogens is 2. The summed E-state index contributed by atoms with van der Waals surface area (Å²) in [5.41, 5.74) is 9.04. The van der Waals surface area contributed by atoms with Crippen molar-refractivity contribution in [2.24, 2.45) is 11.8 Å². The molecule has 2 aromatic rings. The average Bonchev–Trinajstić information content (AvgIpc) is 3.22. The van der Waals surface area contributed by atoms with Crippen molar-refractivity contribution in [3.63, 3.8) is 0 Å². The summed E-state index contributed by atoms with van der Waals surface area (Å²) < 4.78 is 5.29. The van der Waals surface area contributed by atoms with Gasteiger partial charge in [0.05, 0.1) is 13.2 Å². The molecule has 3 atom stereocenters. The third kappa shape index (κ3) is 3.04. The number of hydrogen-bond donors (Lipinski definition) is 1. The summed E-state index contributed by atoms with van der Waals surface area (Å²) in [5.74, 6) is 2.94. The van der Waals surface area contributed by atoms with Crippen LogP contribution < -0.4 is 15.4 Å². The van der Waals surface area contributed by atoms with Crippen LogP contribution in [0.15, 0.2) is 24.3 Å². The smallest absolute Gasteiger partial charge is 0.222 e. The maximum atomic E-state index is 12.3. The van der Waals surface area contributed by atoms with Crippen molar-refractivity contribution in [3.8, 4) is 5.75 Å². The lowest BCUT2D eigenvalue weighted by Crippen LogP contribution is -2.34. The summed E-state index contributed by atoms with van der Waals surface area (Å²) in [5, 5.41) is 0. The minimum atomic E-state index is 0.0685. The lowest BCUT2D eigenvalue weighted by molar-refractivity contribution is -0.130. The first kappa shape index (κ1) is 18.5. The number of carbonyl (C=O) groups is 1. The number of fused-ring (bicyclic) bond motifs is 1. The van der Waals surface area contributed by atoms with Crippen LogP contribution in [0, 0.1) is 25.7 Å². The number of carbonyl (C=O) groups excluding carboxylic acids is 1. The van der Waals surface area contributed by atoms with Crippen LogP contribution in [-0.2, 0) is 4.79 Å². The van der Waals surface area contributed by atoms with Gasteiger partial charge >= 0.3 is 0 Å². The molecule has 28 heavy (non-hydrogen) atoms. The Labute approximate surface area is 165 Å². The number of benzene rings is 1. The predicted octanol–water partition coefficient (Wildman–Crippen LogP) is 2.34. The largest absolute Gasteiger partial charge is 0.497 e. The maximum absolute atomic E-state index is 12.3. The summed E-state index contributed by atoms with van der Waals surface area (Å²) in [6.45, 7) is 8.16. The van der Waals surface area contributed by atoms with Crippen LogP contribution in [-0.4, -0.2) is 47.5 Å². The zero-order chi connectivity index (χ0) is 20.0. The van der Waals surface area contributed by atoms with Gasteiger partial charge in [-0.3, -0.25) is 4.79 Å². The molecule has 2 fully saturated rings. The Morgan fingerprint density at radius 1 is 1.14 bits per heavy atom. The molecule has 1 aromatic carbocycles. The number of rotatable bonds is 3. The van der Waals surface area contributed by atoms with Crippen LogP contribution in [0.3, 0.4) is 0 Å². The van der Waals surface area contributed by atoms with Crippen LogP contribution in [0.4, 0.5) is 11.8 Å². The second-order valence-corrected chi connectivity index (χ2v) is 7.83. The van der Waals surface area contributed by atoms with E-state index in [1.165, 1.54) is 0 Å². The molecule has 0 spiro atoms. The number of aryl methyl sites for hydroxylation is 1. The van der Waals surface area contributed by atoms with Gasteiger partial charge in [0, 0.05) is 49.7 Å². The Morgan fingerprint density at radius 2 is 1.86 bits per heavy atom. The van der Waals surface area contributed by atoms with Crippen molar-refractivity contribution in [3.05, 3.63) is 41.1 Å². The van der Waals surface area contributed by atoms with Crippen LogP contribution in [0.1, 0.15) is 29.8 Å². The van der Waals surface area contributed by atoms with Crippen LogP contribution >= 0.6 is 0 Å². The molecule has 0 radical (unpaired) electrons. The lowest BCUT2D eigenvalue weighted by atomic mass is 9.89. The summed E-state index contributed by atoms with van der Waals surface area (Å²) >= 11 is 0. The Balaban J connectivity index is 1.65. The number of anilines is 2. The molecule has 3 heterocycles. The molecule has 0 saturated carbocycles. The van der Waals surface area contributed by atoms with Crippen molar-refractivity contribution in [2.75, 3.05) is 37.4 Å². The quantitative estimate of drug-likeness (QED) is 0.878. The first-order valence-electron chi connectivity index (χ1n) is 9.66. The van der Waals surface area contributed by atoms with E-state index < -0.39 is 0 Å². The monoisotopic (exact) mass is 381 g/mol. The SMILES string of the molecule is COc1ccc([C@H]2[C@@H]3CN(c4nc(N)nc(C)c4C)C[C@@H]3CN2C(C)=O)cc1. The molecule has 4 rings (SSSR count). The zero-order valence-electron chi connectivity index (χ0n) is 16.8. The van der Waals surface area contributed by atoms with Crippen molar-refractivity contribution in [1.82, 2.24) is 14.9 Å². The fraction of sp³-hybridized carbons (Fsp3) is 0.476. The van der Waals surface area contributed by atoms with E-state index >= 15 is 0 Å². The van der Waals surface area contributed by atoms with Crippen LogP contribution in [0.2, 0.25) is 0 Å². The molecule has 1 aromatic heterocycles. The number of nitrogen functional groups attached to an aromatic ring is 1. The summed E-state index contributed by atoms with van der Waals surface area (Å²) in [6.07, 6.45) is 0. The zero-order valence-corrected chi connectivity index (χ0v) is 16.8. The molecule has 7 heteroatoms. The minimum absolute atomic E-state index is 0.0685. The molecule has 2 aliphatic heterocycles. The third-order valence-electron chi connectivity index (χ3n) is 6.21. The fourth-order valence-corrected chi connectivity index (χ4v) is 4.71. The number of amides is 1. The Morgan fingerprint density at radius 3 is 2.50 bits per heavy atom. The van der Waals surface area contributed by atoms with Crippen molar-refractivity contribution in [1.29, 1.82) is 0 Å². The molecule has 2 saturated heterocycles. The second-order valence-electron chi connectivity index (χ2n) is 7.83. The van der Waals surface area contributed by atoms with E-state index in [1.54, 1.807) is 14.0 Å². The highest BCUT2D eigenvalue weighted by Gasteiger charge is 2.49. The average molecular weight is 381 g/mol. The van der Waals surface area contributed by atoms with Gasteiger partial charge in [0.2, 0.25) is 11.9 Å². The van der Waals surface area contributed by atoms with E-state index in [0.717, 1.165) is 48.0 Å². The van der Waals surface area contributed by atoms with Gasteiger partial charge in [-0.05, 0) is 31.5 Å². The van der Waals surface area contributed by atoms with Gasteiger partial charge in [0.1, 0.15) is 11.6 Å². The van der Waals surface area contributed by atoms with Gasteiger partial charge in [0.15, 0.2) is 0 Å². The van der Waals surface area contributed by atoms with Crippen molar-refractivity contribution >= 4 is 17.7 Å². The fourth-order valence-electron chi connectivity index (χ4n) is 4.71. The van der Waals surface area contributed by atoms with E-state index in [9.17, 15) is 4.79 Å². The van der Waals surface area contributed by atoms with Gasteiger partial charge in [-0.2, -0.15) is 4.98 Å². The van der Waals surface area contributed by atoms with Crippen molar-refractivity contribution in [2.45, 2.75) is 26.8 Å². The maximum Gasteiger partial charge on any atom is 0.222 e. The van der Waals surface area contributed by atoms with E-state index in [4.69, 9.17) is 10.5 Å². The normalized spacial score (nSPS) is 23.8. The molecular formula is C21H27N5O2. The highest BCUT2D eigenvalue weighted by Crippen LogP contribution is 2.46. The molecule has 2 aliphatic rings. The first-order valence-corrected chi connectivity index (χ1v) is 9.66. The molecular weight excluding hydrogens is 354 g/mol. The highest BCUT2D eigenvalue weighted by molar-refractivity contribution is 5.74. The second kappa shape index (κ2) is 6.96. The van der Waals surface area contributed by atoms with Crippen LogP contribution in [0.25, 0.3) is 0 Å². The van der Waals surface area contributed by atoms with E-state index in [1.807, 2.05) is 30.9 Å². The highest BCUT2D eigenvalue weighted by atomic mass is 16.5. The standard InChI is InChI=1S/C21H27N5O2/c1-12-13(2)23-21(22)24-20(12)25-9-16-10-26(14(3)27)19(18(16)11-25)15-5-7-17(28-4)8-6-15/h5-8,16,18-19H,9-11H2,1-4H3,(H2,22,23,24)/t16-,18-,19+/m1/s1. The summed E-state index contributed by atoms with van der Waals surface area (Å²) in [7, 11) is 1.66. The van der Waals surface area contributed by atoms with Gasteiger partial charge in [-0.25, -0.2) is 4.98 Å². The predicted molar refractivity (Wildman–Crippen MR) is 108 cm³/mol.